The van der Waals surface area contributed by atoms with Gasteiger partial charge in [-0.15, -0.1) is 0 Å². The molecule has 0 spiro atoms. The molecule has 0 saturated carbocycles. The van der Waals surface area contributed by atoms with E-state index in [0.29, 0.717) is 6.42 Å². The summed E-state index contributed by atoms with van der Waals surface area (Å²) in [6.45, 7) is 1.79. The Morgan fingerprint density at radius 3 is 2.27 bits per heavy atom. The van der Waals surface area contributed by atoms with Crippen molar-refractivity contribution in [3.8, 4) is 0 Å². The molecule has 0 aliphatic carbocycles. The van der Waals surface area contributed by atoms with Crippen LogP contribution in [0.5, 0.6) is 0 Å². The van der Waals surface area contributed by atoms with Crippen LogP contribution in [0.1, 0.15) is 13.3 Å². The molecule has 0 aromatic heterocycles. The SMILES string of the molecule is CCC(N)CS(=O)(=O)ON.[NaH]. The van der Waals surface area contributed by atoms with E-state index < -0.39 is 16.2 Å². The van der Waals surface area contributed by atoms with Gasteiger partial charge < -0.3 is 5.73 Å². The van der Waals surface area contributed by atoms with Crippen LogP contribution in [0, 0.1) is 0 Å². The van der Waals surface area contributed by atoms with Crippen LogP contribution in [0.25, 0.3) is 0 Å². The molecule has 1 atom stereocenters. The molecule has 5 nitrogen and oxygen atoms in total. The molecule has 1 unspecified atom stereocenters. The zero-order valence-electron chi connectivity index (χ0n) is 5.78. The van der Waals surface area contributed by atoms with Gasteiger partial charge in [-0.05, 0) is 6.42 Å². The van der Waals surface area contributed by atoms with E-state index in [-0.39, 0.29) is 35.3 Å². The average molecular weight is 192 g/mol. The van der Waals surface area contributed by atoms with E-state index in [1.807, 2.05) is 0 Å². The molecule has 0 aliphatic heterocycles. The Kier molecular flexibility index (Phi) is 8.30. The van der Waals surface area contributed by atoms with Crippen molar-refractivity contribution in [3.05, 3.63) is 0 Å². The molecule has 0 rings (SSSR count). The van der Waals surface area contributed by atoms with Crippen LogP contribution in [-0.4, -0.2) is 49.8 Å². The summed E-state index contributed by atoms with van der Waals surface area (Å²) in [6, 6.07) is -0.395. The van der Waals surface area contributed by atoms with Crippen molar-refractivity contribution >= 4 is 39.7 Å². The standard InChI is InChI=1S/C4H12N2O3S.Na.H/c1-2-4(5)3-10(7,8)9-6;;/h4H,2-3,5-6H2,1H3;;. The Labute approximate surface area is 88.8 Å². The monoisotopic (exact) mass is 192 g/mol. The van der Waals surface area contributed by atoms with Gasteiger partial charge in [0, 0.05) is 6.04 Å². The van der Waals surface area contributed by atoms with E-state index >= 15 is 0 Å². The summed E-state index contributed by atoms with van der Waals surface area (Å²) in [6.07, 6.45) is 0.586. The van der Waals surface area contributed by atoms with Crippen molar-refractivity contribution in [3.63, 3.8) is 0 Å². The molecule has 7 heteroatoms. The molecule has 0 radical (unpaired) electrons. The second-order valence-corrected chi connectivity index (χ2v) is 3.63. The van der Waals surface area contributed by atoms with Crippen molar-refractivity contribution in [2.45, 2.75) is 19.4 Å². The summed E-state index contributed by atoms with van der Waals surface area (Å²) >= 11 is 0. The van der Waals surface area contributed by atoms with Gasteiger partial charge in [-0.3, -0.25) is 0 Å². The summed E-state index contributed by atoms with van der Waals surface area (Å²) in [5.41, 5.74) is 5.32. The quantitative estimate of drug-likeness (QED) is 0.408. The third-order valence-corrected chi connectivity index (χ3v) is 2.22. The maximum atomic E-state index is 10.5. The molecule has 11 heavy (non-hydrogen) atoms. The molecule has 4 N–H and O–H groups in total. The number of rotatable bonds is 4. The van der Waals surface area contributed by atoms with Gasteiger partial charge >= 0.3 is 29.6 Å². The number of nitrogens with two attached hydrogens (primary N) is 2. The van der Waals surface area contributed by atoms with Gasteiger partial charge in [0.25, 0.3) is 10.1 Å². The summed E-state index contributed by atoms with van der Waals surface area (Å²) in [5.74, 6) is 4.24. The van der Waals surface area contributed by atoms with Crippen molar-refractivity contribution in [1.82, 2.24) is 0 Å². The molecule has 0 heterocycles. The second-order valence-electron chi connectivity index (χ2n) is 1.99. The van der Waals surface area contributed by atoms with E-state index in [4.69, 9.17) is 5.73 Å². The van der Waals surface area contributed by atoms with Crippen LogP contribution in [0.2, 0.25) is 0 Å². The van der Waals surface area contributed by atoms with Gasteiger partial charge in [0.1, 0.15) is 0 Å². The van der Waals surface area contributed by atoms with Gasteiger partial charge in [0.2, 0.25) is 0 Å². The van der Waals surface area contributed by atoms with E-state index in [2.05, 4.69) is 10.2 Å². The van der Waals surface area contributed by atoms with Crippen LogP contribution in [-0.2, 0) is 14.4 Å². The minimum atomic E-state index is -3.58. The Morgan fingerprint density at radius 2 is 2.00 bits per heavy atom. The first kappa shape index (κ1) is 14.4. The fourth-order valence-corrected chi connectivity index (χ4v) is 1.26. The third kappa shape index (κ3) is 7.20. The van der Waals surface area contributed by atoms with Crippen molar-refractivity contribution in [1.29, 1.82) is 0 Å². The second kappa shape index (κ2) is 6.36. The predicted molar refractivity (Wildman–Crippen MR) is 44.5 cm³/mol. The molecule has 0 bridgehead atoms. The van der Waals surface area contributed by atoms with Gasteiger partial charge in [0.15, 0.2) is 0 Å². The molecule has 0 fully saturated rings. The van der Waals surface area contributed by atoms with Gasteiger partial charge in [-0.1, -0.05) is 6.92 Å². The van der Waals surface area contributed by atoms with Gasteiger partial charge in [-0.2, -0.15) is 18.6 Å². The Balaban J connectivity index is 0. The molecule has 0 amide bonds. The fraction of sp³-hybridized carbons (Fsp3) is 1.00. The fourth-order valence-electron chi connectivity index (χ4n) is 0.419. The Hall–Kier alpha value is 0.830. The predicted octanol–water partition coefficient (Wildman–Crippen LogP) is -1.70. The molecule has 0 aromatic rings. The first-order valence-electron chi connectivity index (χ1n) is 2.88. The molecular formula is C4H13N2NaO3S. The minimum absolute atomic E-state index is 0. The number of hydrogen-bond donors (Lipinski definition) is 2. The van der Waals surface area contributed by atoms with E-state index in [9.17, 15) is 8.42 Å². The molecule has 0 aliphatic rings. The number of hydrogen-bond acceptors (Lipinski definition) is 5. The van der Waals surface area contributed by atoms with Crippen molar-refractivity contribution in [2.75, 3.05) is 5.75 Å². The first-order chi connectivity index (χ1) is 4.52. The Morgan fingerprint density at radius 1 is 1.55 bits per heavy atom. The zero-order valence-corrected chi connectivity index (χ0v) is 6.60. The van der Waals surface area contributed by atoms with Crippen LogP contribution in [0.4, 0.5) is 0 Å². The summed E-state index contributed by atoms with van der Waals surface area (Å²) in [5, 5.41) is 0. The summed E-state index contributed by atoms with van der Waals surface area (Å²) in [7, 11) is -3.58. The van der Waals surface area contributed by atoms with E-state index in [1.54, 1.807) is 6.92 Å². The van der Waals surface area contributed by atoms with Crippen LogP contribution in [0.15, 0.2) is 0 Å². The molecule has 0 saturated heterocycles. The van der Waals surface area contributed by atoms with Crippen molar-refractivity contribution < 1.29 is 12.7 Å². The molecule has 64 valence electrons. The Bertz CT molecular complexity index is 182. The normalized spacial score (nSPS) is 13.7. The molecule has 0 aromatic carbocycles. The van der Waals surface area contributed by atoms with Crippen LogP contribution >= 0.6 is 0 Å². The van der Waals surface area contributed by atoms with E-state index in [0.717, 1.165) is 0 Å². The maximum absolute atomic E-state index is 10.5. The average Bonchev–Trinajstić information content (AvgIpc) is 1.87. The van der Waals surface area contributed by atoms with E-state index in [1.165, 1.54) is 0 Å². The summed E-state index contributed by atoms with van der Waals surface area (Å²) in [4.78, 5) is 0. The zero-order chi connectivity index (χ0) is 8.20. The van der Waals surface area contributed by atoms with Crippen LogP contribution in [0.3, 0.4) is 0 Å². The topological polar surface area (TPSA) is 95.4 Å². The first-order valence-corrected chi connectivity index (χ1v) is 4.46. The van der Waals surface area contributed by atoms with Gasteiger partial charge in [0.05, 0.1) is 5.75 Å². The van der Waals surface area contributed by atoms with Gasteiger partial charge in [-0.25, -0.2) is 0 Å². The summed E-state index contributed by atoms with van der Waals surface area (Å²) < 4.78 is 24.8. The van der Waals surface area contributed by atoms with Crippen LogP contribution < -0.4 is 11.6 Å². The third-order valence-electron chi connectivity index (χ3n) is 1.09. The van der Waals surface area contributed by atoms with Crippen molar-refractivity contribution in [2.24, 2.45) is 11.6 Å². The molecular weight excluding hydrogens is 179 g/mol.